The number of carbonyl (C=O) groups is 1. The van der Waals surface area contributed by atoms with Crippen LogP contribution in [0.2, 0.25) is 0 Å². The number of ether oxygens (including phenoxy) is 1. The van der Waals surface area contributed by atoms with E-state index in [-0.39, 0.29) is 6.10 Å². The molecule has 0 rings (SSSR count). The number of hydrogen-bond acceptors (Lipinski definition) is 4. The predicted molar refractivity (Wildman–Crippen MR) is 40.9 cm³/mol. The molecule has 0 aliphatic rings. The molecule has 0 fully saturated rings. The SMILES string of the molecule is CC(C)OC(=O)[C@H](N)[C@H](C)O. The first-order valence-corrected chi connectivity index (χ1v) is 3.59. The van der Waals surface area contributed by atoms with Crippen molar-refractivity contribution >= 4 is 5.97 Å². The molecule has 0 saturated carbocycles. The number of hydrogen-bond donors (Lipinski definition) is 2. The van der Waals surface area contributed by atoms with Crippen molar-refractivity contribution in [1.82, 2.24) is 0 Å². The van der Waals surface area contributed by atoms with Crippen molar-refractivity contribution in [2.45, 2.75) is 39.0 Å². The van der Waals surface area contributed by atoms with Gasteiger partial charge in [0.2, 0.25) is 0 Å². The van der Waals surface area contributed by atoms with Gasteiger partial charge in [0.25, 0.3) is 0 Å². The summed E-state index contributed by atoms with van der Waals surface area (Å²) in [5.41, 5.74) is 5.28. The number of rotatable bonds is 3. The molecule has 0 aliphatic heterocycles. The molecule has 0 spiro atoms. The van der Waals surface area contributed by atoms with Crippen LogP contribution in [-0.4, -0.2) is 29.3 Å². The van der Waals surface area contributed by atoms with Gasteiger partial charge in [0.05, 0.1) is 12.2 Å². The van der Waals surface area contributed by atoms with Crippen LogP contribution in [0.4, 0.5) is 0 Å². The van der Waals surface area contributed by atoms with Gasteiger partial charge in [-0.2, -0.15) is 0 Å². The Balaban J connectivity index is 3.83. The molecule has 11 heavy (non-hydrogen) atoms. The Bertz CT molecular complexity index is 134. The Morgan fingerprint density at radius 1 is 1.45 bits per heavy atom. The van der Waals surface area contributed by atoms with E-state index in [0.717, 1.165) is 0 Å². The fraction of sp³-hybridized carbons (Fsp3) is 0.857. The van der Waals surface area contributed by atoms with Crippen LogP contribution in [0.25, 0.3) is 0 Å². The van der Waals surface area contributed by atoms with E-state index in [2.05, 4.69) is 0 Å². The standard InChI is InChI=1S/C7H15NO3/c1-4(2)11-7(10)6(8)5(3)9/h4-6,9H,8H2,1-3H3/t5-,6+/m0/s1. The molecular formula is C7H15NO3. The van der Waals surface area contributed by atoms with Crippen LogP contribution >= 0.6 is 0 Å². The van der Waals surface area contributed by atoms with Gasteiger partial charge in [-0.15, -0.1) is 0 Å². The molecule has 0 aromatic heterocycles. The average molecular weight is 161 g/mol. The fourth-order valence-corrected chi connectivity index (χ4v) is 0.508. The second kappa shape index (κ2) is 4.31. The summed E-state index contributed by atoms with van der Waals surface area (Å²) in [6, 6.07) is -0.933. The number of esters is 1. The quantitative estimate of drug-likeness (QED) is 0.555. The first kappa shape index (κ1) is 10.4. The molecule has 0 aromatic rings. The van der Waals surface area contributed by atoms with Gasteiger partial charge in [-0.1, -0.05) is 0 Å². The van der Waals surface area contributed by atoms with Crippen molar-refractivity contribution in [2.75, 3.05) is 0 Å². The molecule has 0 aromatic carbocycles. The molecule has 0 radical (unpaired) electrons. The van der Waals surface area contributed by atoms with Gasteiger partial charge in [0.1, 0.15) is 6.04 Å². The van der Waals surface area contributed by atoms with Crippen LogP contribution in [0, 0.1) is 0 Å². The highest BCUT2D eigenvalue weighted by molar-refractivity contribution is 5.76. The summed E-state index contributed by atoms with van der Waals surface area (Å²) >= 11 is 0. The average Bonchev–Trinajstić information content (AvgIpc) is 1.84. The Hall–Kier alpha value is -0.610. The Morgan fingerprint density at radius 3 is 2.18 bits per heavy atom. The van der Waals surface area contributed by atoms with Gasteiger partial charge in [-0.3, -0.25) is 4.79 Å². The van der Waals surface area contributed by atoms with Gasteiger partial charge in [0.15, 0.2) is 0 Å². The smallest absolute Gasteiger partial charge is 0.325 e. The molecule has 3 N–H and O–H groups in total. The highest BCUT2D eigenvalue weighted by Crippen LogP contribution is 1.96. The van der Waals surface area contributed by atoms with Crippen LogP contribution in [0.3, 0.4) is 0 Å². The maximum Gasteiger partial charge on any atom is 0.325 e. The summed E-state index contributed by atoms with van der Waals surface area (Å²) in [6.45, 7) is 4.91. The molecule has 0 unspecified atom stereocenters. The molecule has 4 nitrogen and oxygen atoms in total. The highest BCUT2D eigenvalue weighted by atomic mass is 16.5. The maximum absolute atomic E-state index is 10.9. The van der Waals surface area contributed by atoms with E-state index in [1.54, 1.807) is 13.8 Å². The molecule has 0 amide bonds. The van der Waals surface area contributed by atoms with Crippen LogP contribution in [0.15, 0.2) is 0 Å². The molecule has 0 bridgehead atoms. The fourth-order valence-electron chi connectivity index (χ4n) is 0.508. The van der Waals surface area contributed by atoms with Crippen molar-refractivity contribution in [2.24, 2.45) is 5.73 Å². The van der Waals surface area contributed by atoms with Crippen molar-refractivity contribution in [1.29, 1.82) is 0 Å². The van der Waals surface area contributed by atoms with E-state index in [4.69, 9.17) is 15.6 Å². The zero-order valence-electron chi connectivity index (χ0n) is 7.07. The van der Waals surface area contributed by atoms with Gasteiger partial charge in [-0.25, -0.2) is 0 Å². The third-order valence-electron chi connectivity index (χ3n) is 1.14. The second-order valence-corrected chi connectivity index (χ2v) is 2.75. The topological polar surface area (TPSA) is 72.5 Å². The lowest BCUT2D eigenvalue weighted by Gasteiger charge is -2.15. The van der Waals surface area contributed by atoms with E-state index >= 15 is 0 Å². The first-order valence-electron chi connectivity index (χ1n) is 3.59. The minimum Gasteiger partial charge on any atom is -0.462 e. The molecule has 0 saturated heterocycles. The summed E-state index contributed by atoms with van der Waals surface area (Å²) in [5.74, 6) is -0.560. The largest absolute Gasteiger partial charge is 0.462 e. The summed E-state index contributed by atoms with van der Waals surface area (Å²) in [5, 5.41) is 8.88. The predicted octanol–water partition coefficient (Wildman–Crippen LogP) is -0.354. The highest BCUT2D eigenvalue weighted by Gasteiger charge is 2.20. The minimum atomic E-state index is -0.933. The molecule has 0 aliphatic carbocycles. The van der Waals surface area contributed by atoms with Crippen molar-refractivity contribution in [3.8, 4) is 0 Å². The third kappa shape index (κ3) is 3.95. The summed E-state index contributed by atoms with van der Waals surface area (Å²) in [4.78, 5) is 10.9. The lowest BCUT2D eigenvalue weighted by atomic mass is 10.2. The zero-order chi connectivity index (χ0) is 9.02. The summed E-state index contributed by atoms with van der Waals surface area (Å²) < 4.78 is 4.75. The van der Waals surface area contributed by atoms with Crippen LogP contribution in [-0.2, 0) is 9.53 Å². The second-order valence-electron chi connectivity index (χ2n) is 2.75. The normalized spacial score (nSPS) is 16.2. The van der Waals surface area contributed by atoms with E-state index in [9.17, 15) is 4.79 Å². The van der Waals surface area contributed by atoms with E-state index in [1.165, 1.54) is 6.92 Å². The number of nitrogens with two attached hydrogens (primary N) is 1. The van der Waals surface area contributed by atoms with Gasteiger partial charge in [0, 0.05) is 0 Å². The van der Waals surface area contributed by atoms with Crippen LogP contribution in [0.5, 0.6) is 0 Å². The number of aliphatic hydroxyl groups excluding tert-OH is 1. The number of carbonyl (C=O) groups excluding carboxylic acids is 1. The Kier molecular flexibility index (Phi) is 4.07. The molecule has 2 atom stereocenters. The van der Waals surface area contributed by atoms with E-state index in [1.807, 2.05) is 0 Å². The van der Waals surface area contributed by atoms with Crippen molar-refractivity contribution in [3.05, 3.63) is 0 Å². The maximum atomic E-state index is 10.9. The first-order chi connectivity index (χ1) is 4.95. The lowest BCUT2D eigenvalue weighted by molar-refractivity contribution is -0.151. The van der Waals surface area contributed by atoms with E-state index in [0.29, 0.717) is 0 Å². The zero-order valence-corrected chi connectivity index (χ0v) is 7.07. The van der Waals surface area contributed by atoms with Gasteiger partial charge in [-0.05, 0) is 20.8 Å². The summed E-state index contributed by atoms with van der Waals surface area (Å²) in [7, 11) is 0. The molecule has 4 heteroatoms. The Morgan fingerprint density at radius 2 is 1.91 bits per heavy atom. The van der Waals surface area contributed by atoms with Crippen molar-refractivity contribution < 1.29 is 14.6 Å². The van der Waals surface area contributed by atoms with Crippen molar-refractivity contribution in [3.63, 3.8) is 0 Å². The summed E-state index contributed by atoms with van der Waals surface area (Å²) in [6.07, 6.45) is -1.05. The number of aliphatic hydroxyl groups is 1. The van der Waals surface area contributed by atoms with E-state index < -0.39 is 18.1 Å². The molecule has 66 valence electrons. The monoisotopic (exact) mass is 161 g/mol. The third-order valence-corrected chi connectivity index (χ3v) is 1.14. The van der Waals surface area contributed by atoms with Crippen LogP contribution in [0.1, 0.15) is 20.8 Å². The molecular weight excluding hydrogens is 146 g/mol. The van der Waals surface area contributed by atoms with Crippen LogP contribution < -0.4 is 5.73 Å². The van der Waals surface area contributed by atoms with Gasteiger partial charge >= 0.3 is 5.97 Å². The molecule has 0 heterocycles. The lowest BCUT2D eigenvalue weighted by Crippen LogP contribution is -2.42. The minimum absolute atomic E-state index is 0.188. The Labute approximate surface area is 66.3 Å². The van der Waals surface area contributed by atoms with Gasteiger partial charge < -0.3 is 15.6 Å².